The molecule has 0 aliphatic carbocycles. The molecule has 2 aromatic rings. The zero-order valence-electron chi connectivity index (χ0n) is 14.1. The number of carboxylic acid groups (broad SMARTS) is 1. The van der Waals surface area contributed by atoms with Crippen molar-refractivity contribution in [2.45, 2.75) is 18.9 Å². The van der Waals surface area contributed by atoms with Gasteiger partial charge in [0.15, 0.2) is 17.1 Å². The van der Waals surface area contributed by atoms with Gasteiger partial charge in [0.25, 0.3) is 5.91 Å². The Kier molecular flexibility index (Phi) is 6.39. The van der Waals surface area contributed by atoms with Crippen LogP contribution in [0.5, 0.6) is 5.75 Å². The van der Waals surface area contributed by atoms with E-state index >= 15 is 0 Å². The number of aliphatic carboxylic acids is 1. The Balaban J connectivity index is 0.00000243. The van der Waals surface area contributed by atoms with E-state index in [9.17, 15) is 14.7 Å². The van der Waals surface area contributed by atoms with Gasteiger partial charge < -0.3 is 24.9 Å². The lowest BCUT2D eigenvalue weighted by atomic mass is 10.0. The summed E-state index contributed by atoms with van der Waals surface area (Å²) < 4.78 is 10.9. The van der Waals surface area contributed by atoms with Crippen molar-refractivity contribution < 1.29 is 23.8 Å². The molecule has 0 bridgehead atoms. The summed E-state index contributed by atoms with van der Waals surface area (Å²) in [5, 5.41) is 10.4. The number of halogens is 2. The molecule has 3 N–H and O–H groups in total. The van der Waals surface area contributed by atoms with E-state index in [-0.39, 0.29) is 37.3 Å². The SMILES string of the molecule is COc1cc(Cl)cc2cc(C(=O)N3C[C@H](N)CC[C@H](C(=O)O)C3)oc12.Cl. The molecule has 1 amide bonds. The van der Waals surface area contributed by atoms with Crippen LogP contribution in [0.2, 0.25) is 5.02 Å². The second-order valence-corrected chi connectivity index (χ2v) is 6.66. The molecule has 2 atom stereocenters. The first kappa shape index (κ1) is 20.4. The molecule has 142 valence electrons. The van der Waals surface area contributed by atoms with Crippen LogP contribution in [0, 0.1) is 5.92 Å². The first-order chi connectivity index (χ1) is 11.9. The molecule has 1 aromatic heterocycles. The van der Waals surface area contributed by atoms with Crippen LogP contribution in [0.1, 0.15) is 23.4 Å². The number of nitrogens with two attached hydrogens (primary N) is 1. The molecule has 1 aromatic carbocycles. The summed E-state index contributed by atoms with van der Waals surface area (Å²) in [6, 6.07) is 4.59. The van der Waals surface area contributed by atoms with Crippen LogP contribution in [-0.4, -0.2) is 48.1 Å². The largest absolute Gasteiger partial charge is 0.493 e. The van der Waals surface area contributed by atoms with E-state index in [1.54, 1.807) is 18.2 Å². The molecule has 9 heteroatoms. The standard InChI is InChI=1S/C17H19ClN2O5.ClH/c1-24-13-6-11(18)4-10-5-14(25-15(10)13)16(21)20-7-9(17(22)23)2-3-12(19)8-20;/h4-6,9,12H,2-3,7-8,19H2,1H3,(H,22,23);1H/t9-,12+;/m0./s1. The number of nitrogens with zero attached hydrogens (tertiary/aromatic N) is 1. The summed E-state index contributed by atoms with van der Waals surface area (Å²) in [4.78, 5) is 25.6. The minimum atomic E-state index is -0.926. The highest BCUT2D eigenvalue weighted by molar-refractivity contribution is 6.31. The van der Waals surface area contributed by atoms with Crippen LogP contribution < -0.4 is 10.5 Å². The summed E-state index contributed by atoms with van der Waals surface area (Å²) in [7, 11) is 1.49. The molecule has 0 radical (unpaired) electrons. The first-order valence-corrected chi connectivity index (χ1v) is 8.31. The van der Waals surface area contributed by atoms with Gasteiger partial charge >= 0.3 is 5.97 Å². The first-order valence-electron chi connectivity index (χ1n) is 7.93. The summed E-state index contributed by atoms with van der Waals surface area (Å²) in [5.41, 5.74) is 6.41. The Labute approximate surface area is 161 Å². The fourth-order valence-corrected chi connectivity index (χ4v) is 3.30. The normalized spacial score (nSPS) is 20.3. The number of ether oxygens (including phenoxy) is 1. The minimum Gasteiger partial charge on any atom is -0.493 e. The Morgan fingerprint density at radius 2 is 2.04 bits per heavy atom. The van der Waals surface area contributed by atoms with Gasteiger partial charge in [-0.15, -0.1) is 12.4 Å². The monoisotopic (exact) mass is 402 g/mol. The maximum atomic E-state index is 12.8. The van der Waals surface area contributed by atoms with Crippen molar-refractivity contribution in [3.8, 4) is 5.75 Å². The predicted molar refractivity (Wildman–Crippen MR) is 99.3 cm³/mol. The Morgan fingerprint density at radius 1 is 1.31 bits per heavy atom. The number of carboxylic acids is 1. The molecule has 0 unspecified atom stereocenters. The van der Waals surface area contributed by atoms with Gasteiger partial charge in [-0.2, -0.15) is 0 Å². The third kappa shape index (κ3) is 4.06. The third-order valence-electron chi connectivity index (χ3n) is 4.40. The minimum absolute atomic E-state index is 0. The molecule has 1 aliphatic heterocycles. The number of amides is 1. The molecular formula is C17H20Cl2N2O5. The van der Waals surface area contributed by atoms with Crippen molar-refractivity contribution in [3.05, 3.63) is 29.0 Å². The number of hydrogen-bond donors (Lipinski definition) is 2. The van der Waals surface area contributed by atoms with Crippen LogP contribution in [0.3, 0.4) is 0 Å². The number of benzene rings is 1. The van der Waals surface area contributed by atoms with Crippen molar-refractivity contribution in [1.29, 1.82) is 0 Å². The molecule has 3 rings (SSSR count). The average molecular weight is 403 g/mol. The van der Waals surface area contributed by atoms with Crippen molar-refractivity contribution in [1.82, 2.24) is 4.90 Å². The number of hydrogen-bond acceptors (Lipinski definition) is 5. The highest BCUT2D eigenvalue weighted by Gasteiger charge is 2.31. The number of rotatable bonds is 3. The second kappa shape index (κ2) is 8.16. The quantitative estimate of drug-likeness (QED) is 0.817. The van der Waals surface area contributed by atoms with E-state index in [4.69, 9.17) is 26.5 Å². The number of furan rings is 1. The highest BCUT2D eigenvalue weighted by atomic mass is 35.5. The molecule has 1 saturated heterocycles. The molecule has 1 aliphatic rings. The summed E-state index contributed by atoms with van der Waals surface area (Å²) in [6.07, 6.45) is 1.01. The number of carbonyl (C=O) groups is 2. The molecule has 0 saturated carbocycles. The van der Waals surface area contributed by atoms with Crippen LogP contribution >= 0.6 is 24.0 Å². The van der Waals surface area contributed by atoms with Gasteiger partial charge in [-0.1, -0.05) is 11.6 Å². The zero-order valence-corrected chi connectivity index (χ0v) is 15.7. The summed E-state index contributed by atoms with van der Waals surface area (Å²) in [6.45, 7) is 0.397. The number of likely N-dealkylation sites (tertiary alicyclic amines) is 1. The number of fused-ring (bicyclic) bond motifs is 1. The average Bonchev–Trinajstić information content (AvgIpc) is 2.88. The molecular weight excluding hydrogens is 383 g/mol. The lowest BCUT2D eigenvalue weighted by molar-refractivity contribution is -0.142. The topological polar surface area (TPSA) is 106 Å². The van der Waals surface area contributed by atoms with E-state index in [2.05, 4.69) is 0 Å². The Morgan fingerprint density at radius 3 is 2.69 bits per heavy atom. The number of carbonyl (C=O) groups excluding carboxylic acids is 1. The maximum absolute atomic E-state index is 12.8. The van der Waals surface area contributed by atoms with Gasteiger partial charge in [-0.05, 0) is 25.0 Å². The smallest absolute Gasteiger partial charge is 0.308 e. The van der Waals surface area contributed by atoms with Gasteiger partial charge in [0.05, 0.1) is 13.0 Å². The van der Waals surface area contributed by atoms with E-state index in [1.807, 2.05) is 0 Å². The lowest BCUT2D eigenvalue weighted by Crippen LogP contribution is -2.41. The van der Waals surface area contributed by atoms with E-state index in [1.165, 1.54) is 12.0 Å². The van der Waals surface area contributed by atoms with E-state index in [0.717, 1.165) is 0 Å². The summed E-state index contributed by atoms with van der Waals surface area (Å²) >= 11 is 6.04. The van der Waals surface area contributed by atoms with Crippen molar-refractivity contribution in [3.63, 3.8) is 0 Å². The van der Waals surface area contributed by atoms with Crippen molar-refractivity contribution in [2.75, 3.05) is 20.2 Å². The number of methoxy groups -OCH3 is 1. The predicted octanol–water partition coefficient (Wildman–Crippen LogP) is 2.78. The lowest BCUT2D eigenvalue weighted by Gasteiger charge is -2.23. The summed E-state index contributed by atoms with van der Waals surface area (Å²) in [5.74, 6) is -1.42. The molecule has 26 heavy (non-hydrogen) atoms. The van der Waals surface area contributed by atoms with Crippen LogP contribution in [0.25, 0.3) is 11.0 Å². The molecule has 0 spiro atoms. The van der Waals surface area contributed by atoms with Gasteiger partial charge in [0, 0.05) is 35.6 Å². The third-order valence-corrected chi connectivity index (χ3v) is 4.61. The van der Waals surface area contributed by atoms with Crippen molar-refractivity contribution in [2.24, 2.45) is 11.7 Å². The fraction of sp³-hybridized carbons (Fsp3) is 0.412. The van der Waals surface area contributed by atoms with Gasteiger partial charge in [-0.3, -0.25) is 9.59 Å². The van der Waals surface area contributed by atoms with E-state index < -0.39 is 17.8 Å². The molecule has 2 heterocycles. The second-order valence-electron chi connectivity index (χ2n) is 6.22. The van der Waals surface area contributed by atoms with E-state index in [0.29, 0.717) is 34.6 Å². The zero-order chi connectivity index (χ0) is 18.1. The molecule has 7 nitrogen and oxygen atoms in total. The maximum Gasteiger partial charge on any atom is 0.308 e. The fourth-order valence-electron chi connectivity index (χ4n) is 3.09. The van der Waals surface area contributed by atoms with Crippen molar-refractivity contribution >= 4 is 46.9 Å². The van der Waals surface area contributed by atoms with Gasteiger partial charge in [0.2, 0.25) is 0 Å². The van der Waals surface area contributed by atoms with Crippen LogP contribution in [0.15, 0.2) is 22.6 Å². The van der Waals surface area contributed by atoms with Gasteiger partial charge in [0.1, 0.15) is 0 Å². The highest BCUT2D eigenvalue weighted by Crippen LogP contribution is 2.33. The van der Waals surface area contributed by atoms with Gasteiger partial charge in [-0.25, -0.2) is 0 Å². The van der Waals surface area contributed by atoms with Crippen LogP contribution in [0.4, 0.5) is 0 Å². The van der Waals surface area contributed by atoms with Crippen LogP contribution in [-0.2, 0) is 4.79 Å². The Bertz CT molecular complexity index is 823. The Hall–Kier alpha value is -1.96. The molecule has 1 fully saturated rings.